The average Bonchev–Trinajstić information content (AvgIpc) is 2.47. The molecule has 0 unspecified atom stereocenters. The number of rotatable bonds is 2. The van der Waals surface area contributed by atoms with Gasteiger partial charge in [0.25, 0.3) is 0 Å². The molecule has 0 bridgehead atoms. The maximum Gasteiger partial charge on any atom is 0.150 e. The Labute approximate surface area is 106 Å². The van der Waals surface area contributed by atoms with Gasteiger partial charge >= 0.3 is 0 Å². The molecule has 0 aromatic heterocycles. The summed E-state index contributed by atoms with van der Waals surface area (Å²) in [5.74, 6) is 0.773. The van der Waals surface area contributed by atoms with E-state index >= 15 is 0 Å². The first-order valence-electron chi connectivity index (χ1n) is 5.93. The lowest BCUT2D eigenvalue weighted by Gasteiger charge is -2.31. The van der Waals surface area contributed by atoms with Crippen LogP contribution in [0.5, 0.6) is 5.75 Å². The molecule has 0 N–H and O–H groups in total. The second kappa shape index (κ2) is 4.53. The van der Waals surface area contributed by atoms with Crippen molar-refractivity contribution in [3.05, 3.63) is 54.1 Å². The highest BCUT2D eigenvalue weighted by molar-refractivity contribution is 5.80. The van der Waals surface area contributed by atoms with Gasteiger partial charge in [-0.3, -0.25) is 4.79 Å². The van der Waals surface area contributed by atoms with Crippen molar-refractivity contribution in [2.24, 2.45) is 0 Å². The van der Waals surface area contributed by atoms with Crippen LogP contribution < -0.4 is 9.64 Å². The molecule has 0 amide bonds. The molecule has 3 heteroatoms. The van der Waals surface area contributed by atoms with E-state index < -0.39 is 0 Å². The topological polar surface area (TPSA) is 29.5 Å². The number of anilines is 2. The number of fused-ring (bicyclic) bond motifs is 1. The Balaban J connectivity index is 2.05. The van der Waals surface area contributed by atoms with E-state index in [2.05, 4.69) is 17.0 Å². The molecule has 1 aliphatic heterocycles. The van der Waals surface area contributed by atoms with Crippen molar-refractivity contribution in [1.82, 2.24) is 0 Å². The number of ether oxygens (including phenoxy) is 1. The van der Waals surface area contributed by atoms with Crippen molar-refractivity contribution in [1.29, 1.82) is 0 Å². The molecular formula is C15H13NO2. The van der Waals surface area contributed by atoms with Crippen LogP contribution in [0.15, 0.2) is 48.5 Å². The lowest BCUT2D eigenvalue weighted by molar-refractivity contribution is 0.112. The van der Waals surface area contributed by atoms with Crippen molar-refractivity contribution < 1.29 is 9.53 Å². The number of carbonyl (C=O) groups is 1. The third-order valence-corrected chi connectivity index (χ3v) is 3.05. The summed E-state index contributed by atoms with van der Waals surface area (Å²) in [5, 5.41) is 0. The minimum atomic E-state index is 0.629. The molecule has 1 aliphatic rings. The molecule has 0 saturated heterocycles. The van der Waals surface area contributed by atoms with Crippen LogP contribution in [0.3, 0.4) is 0 Å². The molecule has 0 fully saturated rings. The van der Waals surface area contributed by atoms with Crippen LogP contribution in [0.2, 0.25) is 0 Å². The van der Waals surface area contributed by atoms with Crippen molar-refractivity contribution in [2.75, 3.05) is 18.1 Å². The van der Waals surface area contributed by atoms with Crippen LogP contribution in [-0.4, -0.2) is 19.4 Å². The molecule has 3 rings (SSSR count). The van der Waals surface area contributed by atoms with E-state index in [9.17, 15) is 4.79 Å². The highest BCUT2D eigenvalue weighted by Crippen LogP contribution is 2.36. The SMILES string of the molecule is O=Cc1ccc2c(c1)OCCN2c1ccccc1. The Kier molecular flexibility index (Phi) is 2.73. The van der Waals surface area contributed by atoms with E-state index in [0.717, 1.165) is 30.0 Å². The van der Waals surface area contributed by atoms with Gasteiger partial charge in [-0.2, -0.15) is 0 Å². The zero-order chi connectivity index (χ0) is 12.4. The molecule has 1 heterocycles. The largest absolute Gasteiger partial charge is 0.490 e. The molecule has 0 aliphatic carbocycles. The van der Waals surface area contributed by atoms with Gasteiger partial charge in [-0.15, -0.1) is 0 Å². The second-order valence-corrected chi connectivity index (χ2v) is 4.18. The van der Waals surface area contributed by atoms with Gasteiger partial charge in [0.1, 0.15) is 18.6 Å². The fourth-order valence-corrected chi connectivity index (χ4v) is 2.19. The number of benzene rings is 2. The standard InChI is InChI=1S/C15H13NO2/c17-11-12-6-7-14-15(10-12)18-9-8-16(14)13-4-2-1-3-5-13/h1-7,10-11H,8-9H2. The third kappa shape index (κ3) is 1.84. The molecule has 0 spiro atoms. The number of hydrogen-bond acceptors (Lipinski definition) is 3. The second-order valence-electron chi connectivity index (χ2n) is 4.18. The van der Waals surface area contributed by atoms with Crippen LogP contribution >= 0.6 is 0 Å². The van der Waals surface area contributed by atoms with E-state index in [1.165, 1.54) is 0 Å². The van der Waals surface area contributed by atoms with E-state index in [0.29, 0.717) is 12.2 Å². The highest BCUT2D eigenvalue weighted by Gasteiger charge is 2.19. The van der Waals surface area contributed by atoms with Gasteiger partial charge in [-0.25, -0.2) is 0 Å². The smallest absolute Gasteiger partial charge is 0.150 e. The van der Waals surface area contributed by atoms with Crippen LogP contribution in [0.1, 0.15) is 10.4 Å². The Hall–Kier alpha value is -2.29. The highest BCUT2D eigenvalue weighted by atomic mass is 16.5. The number of nitrogens with zero attached hydrogens (tertiary/aromatic N) is 1. The van der Waals surface area contributed by atoms with E-state index in [4.69, 9.17) is 4.74 Å². The number of carbonyl (C=O) groups excluding carboxylic acids is 1. The van der Waals surface area contributed by atoms with Gasteiger partial charge in [0.15, 0.2) is 0 Å². The molecular weight excluding hydrogens is 226 g/mol. The van der Waals surface area contributed by atoms with E-state index in [1.54, 1.807) is 6.07 Å². The quantitative estimate of drug-likeness (QED) is 0.754. The summed E-state index contributed by atoms with van der Waals surface area (Å²) in [6.45, 7) is 1.45. The summed E-state index contributed by atoms with van der Waals surface area (Å²) in [4.78, 5) is 13.0. The van der Waals surface area contributed by atoms with Crippen LogP contribution in [0.25, 0.3) is 0 Å². The Bertz CT molecular complexity index is 566. The summed E-state index contributed by atoms with van der Waals surface area (Å²) in [5.41, 5.74) is 2.79. The molecule has 0 atom stereocenters. The third-order valence-electron chi connectivity index (χ3n) is 3.05. The summed E-state index contributed by atoms with van der Waals surface area (Å²) in [6, 6.07) is 15.7. The predicted molar refractivity (Wildman–Crippen MR) is 70.8 cm³/mol. The minimum Gasteiger partial charge on any atom is -0.490 e. The summed E-state index contributed by atoms with van der Waals surface area (Å²) in [6.07, 6.45) is 0.838. The zero-order valence-electron chi connectivity index (χ0n) is 9.87. The molecule has 90 valence electrons. The van der Waals surface area contributed by atoms with Gasteiger partial charge in [0, 0.05) is 11.3 Å². The first kappa shape index (κ1) is 10.8. The predicted octanol–water partition coefficient (Wildman–Crippen LogP) is 3.03. The van der Waals surface area contributed by atoms with Gasteiger partial charge < -0.3 is 9.64 Å². The Morgan fingerprint density at radius 2 is 1.94 bits per heavy atom. The fourth-order valence-electron chi connectivity index (χ4n) is 2.19. The molecule has 0 radical (unpaired) electrons. The fraction of sp³-hybridized carbons (Fsp3) is 0.133. The monoisotopic (exact) mass is 239 g/mol. The van der Waals surface area contributed by atoms with Crippen molar-refractivity contribution >= 4 is 17.7 Å². The van der Waals surface area contributed by atoms with Crippen molar-refractivity contribution in [2.45, 2.75) is 0 Å². The van der Waals surface area contributed by atoms with Gasteiger partial charge in [0.05, 0.1) is 12.2 Å². The molecule has 18 heavy (non-hydrogen) atoms. The maximum atomic E-state index is 10.8. The lowest BCUT2D eigenvalue weighted by atomic mass is 10.1. The normalized spacial score (nSPS) is 13.7. The number of aldehydes is 1. The van der Waals surface area contributed by atoms with E-state index in [-0.39, 0.29) is 0 Å². The number of para-hydroxylation sites is 1. The lowest BCUT2D eigenvalue weighted by Crippen LogP contribution is -2.28. The van der Waals surface area contributed by atoms with Gasteiger partial charge in [0.2, 0.25) is 0 Å². The first-order chi connectivity index (χ1) is 8.88. The van der Waals surface area contributed by atoms with Gasteiger partial charge in [-0.1, -0.05) is 18.2 Å². The van der Waals surface area contributed by atoms with Crippen LogP contribution in [-0.2, 0) is 0 Å². The van der Waals surface area contributed by atoms with E-state index in [1.807, 2.05) is 30.3 Å². The van der Waals surface area contributed by atoms with Gasteiger partial charge in [-0.05, 0) is 30.3 Å². The Morgan fingerprint density at radius 1 is 1.11 bits per heavy atom. The molecule has 2 aromatic rings. The number of hydrogen-bond donors (Lipinski definition) is 0. The average molecular weight is 239 g/mol. The minimum absolute atomic E-state index is 0.629. The summed E-state index contributed by atoms with van der Waals surface area (Å²) < 4.78 is 5.62. The molecule has 2 aromatic carbocycles. The van der Waals surface area contributed by atoms with Crippen molar-refractivity contribution in [3.8, 4) is 5.75 Å². The maximum absolute atomic E-state index is 10.8. The van der Waals surface area contributed by atoms with Crippen LogP contribution in [0.4, 0.5) is 11.4 Å². The molecule has 3 nitrogen and oxygen atoms in total. The Morgan fingerprint density at radius 3 is 2.72 bits per heavy atom. The summed E-state index contributed by atoms with van der Waals surface area (Å²) >= 11 is 0. The van der Waals surface area contributed by atoms with Crippen LogP contribution in [0, 0.1) is 0 Å². The summed E-state index contributed by atoms with van der Waals surface area (Å²) in [7, 11) is 0. The van der Waals surface area contributed by atoms with Crippen molar-refractivity contribution in [3.63, 3.8) is 0 Å². The first-order valence-corrected chi connectivity index (χ1v) is 5.93. The zero-order valence-corrected chi connectivity index (χ0v) is 9.87. The molecule has 0 saturated carbocycles.